The monoisotopic (exact) mass is 299 g/mol. The van der Waals surface area contributed by atoms with Gasteiger partial charge in [-0.1, -0.05) is 0 Å². The number of benzene rings is 1. The van der Waals surface area contributed by atoms with Crippen LogP contribution in [0.1, 0.15) is 12.8 Å². The fourth-order valence-electron chi connectivity index (χ4n) is 2.65. The molecule has 0 radical (unpaired) electrons. The Morgan fingerprint density at radius 2 is 1.95 bits per heavy atom. The molecule has 2 aromatic rings. The van der Waals surface area contributed by atoms with Crippen molar-refractivity contribution < 1.29 is 4.92 Å². The van der Waals surface area contributed by atoms with Gasteiger partial charge in [0.25, 0.3) is 5.69 Å². The highest BCUT2D eigenvalue weighted by Gasteiger charge is 2.21. The minimum absolute atomic E-state index is 0.105. The van der Waals surface area contributed by atoms with Crippen LogP contribution in [0, 0.1) is 10.1 Å². The maximum atomic E-state index is 10.7. The second-order valence-electron chi connectivity index (χ2n) is 5.28. The Kier molecular flexibility index (Phi) is 4.13. The summed E-state index contributed by atoms with van der Waals surface area (Å²) in [6, 6.07) is 8.61. The predicted molar refractivity (Wildman–Crippen MR) is 84.0 cm³/mol. The van der Waals surface area contributed by atoms with Gasteiger partial charge in [-0.25, -0.2) is 9.97 Å². The summed E-state index contributed by atoms with van der Waals surface area (Å²) in [5.41, 5.74) is 1.000. The standard InChI is InChI=1S/C15H17N5O2/c21-20(22)14-6-4-12(5-7-14)18-13-3-1-10-19(11-13)15-16-8-2-9-17-15/h2,4-9,13,18H,1,3,10-11H2. The van der Waals surface area contributed by atoms with E-state index in [2.05, 4.69) is 20.2 Å². The van der Waals surface area contributed by atoms with Crippen molar-refractivity contribution in [2.45, 2.75) is 18.9 Å². The average molecular weight is 299 g/mol. The van der Waals surface area contributed by atoms with Gasteiger partial charge in [-0.2, -0.15) is 0 Å². The Labute approximate surface area is 128 Å². The van der Waals surface area contributed by atoms with Crippen LogP contribution in [0.25, 0.3) is 0 Å². The summed E-state index contributed by atoms with van der Waals surface area (Å²) in [4.78, 5) is 21.0. The summed E-state index contributed by atoms with van der Waals surface area (Å²) in [6.07, 6.45) is 5.61. The maximum absolute atomic E-state index is 10.7. The number of anilines is 2. The lowest BCUT2D eigenvalue weighted by atomic mass is 10.1. The molecule has 1 aromatic carbocycles. The average Bonchev–Trinajstić information content (AvgIpc) is 2.56. The lowest BCUT2D eigenvalue weighted by Crippen LogP contribution is -2.42. The van der Waals surface area contributed by atoms with Gasteiger partial charge in [0.1, 0.15) is 0 Å². The number of non-ortho nitro benzene ring substituents is 1. The predicted octanol–water partition coefficient (Wildman–Crippen LogP) is 2.47. The third-order valence-electron chi connectivity index (χ3n) is 3.71. The fraction of sp³-hybridized carbons (Fsp3) is 0.333. The normalized spacial score (nSPS) is 18.0. The van der Waals surface area contributed by atoms with Gasteiger partial charge in [0, 0.05) is 49.3 Å². The molecule has 22 heavy (non-hydrogen) atoms. The first-order chi connectivity index (χ1) is 10.7. The molecule has 1 aliphatic heterocycles. The molecular formula is C15H17N5O2. The van der Waals surface area contributed by atoms with Crippen LogP contribution in [-0.4, -0.2) is 34.0 Å². The second kappa shape index (κ2) is 6.38. The SMILES string of the molecule is O=[N+]([O-])c1ccc(NC2CCCN(c3ncccn3)C2)cc1. The first kappa shape index (κ1) is 14.2. The summed E-state index contributed by atoms with van der Waals surface area (Å²) >= 11 is 0. The van der Waals surface area contributed by atoms with Crippen LogP contribution >= 0.6 is 0 Å². The third-order valence-corrected chi connectivity index (χ3v) is 3.71. The molecule has 1 N–H and O–H groups in total. The van der Waals surface area contributed by atoms with Crippen molar-refractivity contribution in [1.29, 1.82) is 0 Å². The highest BCUT2D eigenvalue weighted by molar-refractivity contribution is 5.49. The first-order valence-electron chi connectivity index (χ1n) is 7.25. The Bertz CT molecular complexity index is 632. The molecule has 0 saturated carbocycles. The van der Waals surface area contributed by atoms with Gasteiger partial charge in [-0.3, -0.25) is 10.1 Å². The molecule has 0 amide bonds. The van der Waals surface area contributed by atoms with E-state index in [1.165, 1.54) is 12.1 Å². The lowest BCUT2D eigenvalue weighted by molar-refractivity contribution is -0.384. The zero-order valence-corrected chi connectivity index (χ0v) is 12.1. The second-order valence-corrected chi connectivity index (χ2v) is 5.28. The van der Waals surface area contributed by atoms with E-state index in [0.717, 1.165) is 37.6 Å². The van der Waals surface area contributed by atoms with Crippen LogP contribution in [0.2, 0.25) is 0 Å². The Hall–Kier alpha value is -2.70. The number of piperidine rings is 1. The molecule has 3 rings (SSSR count). The van der Waals surface area contributed by atoms with Gasteiger partial charge in [-0.15, -0.1) is 0 Å². The van der Waals surface area contributed by atoms with Crippen molar-refractivity contribution in [2.75, 3.05) is 23.3 Å². The highest BCUT2D eigenvalue weighted by atomic mass is 16.6. The molecule has 0 aliphatic carbocycles. The van der Waals surface area contributed by atoms with Crippen LogP contribution in [0.4, 0.5) is 17.3 Å². The Balaban J connectivity index is 1.64. The molecule has 7 heteroatoms. The number of rotatable bonds is 4. The summed E-state index contributed by atoms with van der Waals surface area (Å²) in [5.74, 6) is 0.748. The molecule has 1 atom stereocenters. The van der Waals surface area contributed by atoms with Crippen LogP contribution < -0.4 is 10.2 Å². The van der Waals surface area contributed by atoms with E-state index in [1.54, 1.807) is 30.6 Å². The van der Waals surface area contributed by atoms with E-state index in [-0.39, 0.29) is 11.7 Å². The van der Waals surface area contributed by atoms with Crippen molar-refractivity contribution in [1.82, 2.24) is 9.97 Å². The molecule has 0 bridgehead atoms. The third kappa shape index (κ3) is 3.30. The molecule has 114 valence electrons. The van der Waals surface area contributed by atoms with Gasteiger partial charge < -0.3 is 10.2 Å². The minimum Gasteiger partial charge on any atom is -0.381 e. The highest BCUT2D eigenvalue weighted by Crippen LogP contribution is 2.21. The van der Waals surface area contributed by atoms with E-state index in [9.17, 15) is 10.1 Å². The largest absolute Gasteiger partial charge is 0.381 e. The van der Waals surface area contributed by atoms with Gasteiger partial charge in [0.2, 0.25) is 5.95 Å². The van der Waals surface area contributed by atoms with Crippen molar-refractivity contribution in [3.8, 4) is 0 Å². The van der Waals surface area contributed by atoms with Crippen molar-refractivity contribution in [3.63, 3.8) is 0 Å². The summed E-state index contributed by atoms with van der Waals surface area (Å²) in [5, 5.41) is 14.1. The van der Waals surface area contributed by atoms with Gasteiger partial charge in [0.05, 0.1) is 4.92 Å². The quantitative estimate of drug-likeness (QED) is 0.689. The van der Waals surface area contributed by atoms with E-state index >= 15 is 0 Å². The maximum Gasteiger partial charge on any atom is 0.269 e. The van der Waals surface area contributed by atoms with Crippen molar-refractivity contribution in [3.05, 3.63) is 52.8 Å². The molecule has 7 nitrogen and oxygen atoms in total. The number of hydrogen-bond donors (Lipinski definition) is 1. The smallest absolute Gasteiger partial charge is 0.269 e. The number of nitro benzene ring substituents is 1. The molecule has 1 fully saturated rings. The molecule has 1 aromatic heterocycles. The zero-order valence-electron chi connectivity index (χ0n) is 12.1. The minimum atomic E-state index is -0.390. The number of nitrogens with one attached hydrogen (secondary N) is 1. The number of aromatic nitrogens is 2. The first-order valence-corrected chi connectivity index (χ1v) is 7.25. The van der Waals surface area contributed by atoms with Crippen LogP contribution in [-0.2, 0) is 0 Å². The molecule has 1 unspecified atom stereocenters. The van der Waals surface area contributed by atoms with Gasteiger partial charge in [-0.05, 0) is 31.0 Å². The van der Waals surface area contributed by atoms with E-state index in [1.807, 2.05) is 0 Å². The Morgan fingerprint density at radius 3 is 2.64 bits per heavy atom. The van der Waals surface area contributed by atoms with E-state index < -0.39 is 4.92 Å². The van der Waals surface area contributed by atoms with Crippen LogP contribution in [0.5, 0.6) is 0 Å². The van der Waals surface area contributed by atoms with Crippen LogP contribution in [0.15, 0.2) is 42.7 Å². The van der Waals surface area contributed by atoms with Crippen molar-refractivity contribution in [2.24, 2.45) is 0 Å². The zero-order chi connectivity index (χ0) is 15.4. The fourth-order valence-corrected chi connectivity index (χ4v) is 2.65. The molecule has 0 spiro atoms. The Morgan fingerprint density at radius 1 is 1.23 bits per heavy atom. The number of nitrogens with zero attached hydrogens (tertiary/aromatic N) is 4. The van der Waals surface area contributed by atoms with E-state index in [4.69, 9.17) is 0 Å². The topological polar surface area (TPSA) is 84.2 Å². The number of hydrogen-bond acceptors (Lipinski definition) is 6. The summed E-state index contributed by atoms with van der Waals surface area (Å²) < 4.78 is 0. The molecule has 2 heterocycles. The van der Waals surface area contributed by atoms with Crippen molar-refractivity contribution >= 4 is 17.3 Å². The number of nitro groups is 1. The molecule has 1 aliphatic rings. The van der Waals surface area contributed by atoms with Gasteiger partial charge in [0.15, 0.2) is 0 Å². The van der Waals surface area contributed by atoms with E-state index in [0.29, 0.717) is 0 Å². The lowest BCUT2D eigenvalue weighted by Gasteiger charge is -2.33. The van der Waals surface area contributed by atoms with Gasteiger partial charge >= 0.3 is 0 Å². The molecular weight excluding hydrogens is 282 g/mol. The van der Waals surface area contributed by atoms with Crippen LogP contribution in [0.3, 0.4) is 0 Å². The summed E-state index contributed by atoms with van der Waals surface area (Å²) in [6.45, 7) is 1.77. The molecule has 1 saturated heterocycles. The summed E-state index contributed by atoms with van der Waals surface area (Å²) in [7, 11) is 0.